The number of benzene rings is 1. The van der Waals surface area contributed by atoms with Gasteiger partial charge in [-0.15, -0.1) is 34.8 Å². The molecule has 4 heteroatoms. The van der Waals surface area contributed by atoms with Crippen LogP contribution in [0.15, 0.2) is 30.3 Å². The average molecular weight is 283 g/mol. The smallest absolute Gasteiger partial charge is 0.0967 e. The second-order valence-corrected chi connectivity index (χ2v) is 4.32. The van der Waals surface area contributed by atoms with Gasteiger partial charge in [0.25, 0.3) is 0 Å². The van der Waals surface area contributed by atoms with E-state index in [2.05, 4.69) is 29.6 Å². The highest BCUT2D eigenvalue weighted by Gasteiger charge is 1.90. The quantitative estimate of drug-likeness (QED) is 0.617. The van der Waals surface area contributed by atoms with Gasteiger partial charge in [-0.2, -0.15) is 0 Å². The second kappa shape index (κ2) is 13.1. The first-order valence-corrected chi connectivity index (χ1v) is 6.88. The summed E-state index contributed by atoms with van der Waals surface area (Å²) in [6.45, 7) is 2.07. The van der Waals surface area contributed by atoms with Crippen molar-refractivity contribution in [3.05, 3.63) is 35.9 Å². The molecule has 0 aliphatic rings. The maximum atomic E-state index is 5.56. The van der Waals surface area contributed by atoms with Crippen LogP contribution < -0.4 is 5.32 Å². The Hall–Kier alpha value is 0.0500. The van der Waals surface area contributed by atoms with Gasteiger partial charge in [0, 0.05) is 5.88 Å². The summed E-state index contributed by atoms with van der Waals surface area (Å²) in [6, 6.07) is 10.5. The van der Waals surface area contributed by atoms with Crippen molar-refractivity contribution in [1.29, 1.82) is 0 Å². The molecule has 1 nitrogen and oxygen atoms in total. The molecule has 0 amide bonds. The number of nitrogens with one attached hydrogen (secondary N) is 1. The van der Waals surface area contributed by atoms with Gasteiger partial charge < -0.3 is 5.32 Å². The van der Waals surface area contributed by atoms with Gasteiger partial charge in [0.15, 0.2) is 0 Å². The summed E-state index contributed by atoms with van der Waals surface area (Å²) in [6.07, 6.45) is 2.15. The van der Waals surface area contributed by atoms with Crippen molar-refractivity contribution in [2.75, 3.05) is 24.3 Å². The van der Waals surface area contributed by atoms with Gasteiger partial charge in [-0.3, -0.25) is 0 Å². The van der Waals surface area contributed by atoms with Crippen molar-refractivity contribution in [2.45, 2.75) is 12.8 Å². The predicted molar refractivity (Wildman–Crippen MR) is 74.9 cm³/mol. The van der Waals surface area contributed by atoms with E-state index in [1.807, 2.05) is 6.07 Å². The zero-order chi connectivity index (χ0) is 12.1. The molecule has 1 aromatic carbocycles. The van der Waals surface area contributed by atoms with E-state index in [0.717, 1.165) is 31.8 Å². The van der Waals surface area contributed by atoms with E-state index in [-0.39, 0.29) is 5.34 Å². The number of rotatable bonds is 6. The van der Waals surface area contributed by atoms with Crippen LogP contribution in [0.5, 0.6) is 0 Å². The van der Waals surface area contributed by atoms with Gasteiger partial charge in [0.2, 0.25) is 0 Å². The van der Waals surface area contributed by atoms with Crippen molar-refractivity contribution in [3.63, 3.8) is 0 Å². The third kappa shape index (κ3) is 10.6. The maximum absolute atomic E-state index is 5.56. The Morgan fingerprint density at radius 1 is 0.938 bits per heavy atom. The lowest BCUT2D eigenvalue weighted by Crippen LogP contribution is -2.18. The standard InChI is InChI=1S/C11H16ClN.CH2Cl2/c12-8-4-9-13-10-7-11-5-2-1-3-6-11;2-1-3/h1-3,5-6,13H,4,7-10H2;1H2. The summed E-state index contributed by atoms with van der Waals surface area (Å²) < 4.78 is 0. The van der Waals surface area contributed by atoms with Crippen LogP contribution >= 0.6 is 34.8 Å². The molecule has 92 valence electrons. The SMILES string of the molecule is ClCCCNCCc1ccccc1.ClCCl. The maximum Gasteiger partial charge on any atom is 0.0967 e. The van der Waals surface area contributed by atoms with Crippen molar-refractivity contribution < 1.29 is 0 Å². The van der Waals surface area contributed by atoms with Crippen LogP contribution in [0.4, 0.5) is 0 Å². The number of alkyl halides is 3. The third-order valence-electron chi connectivity index (χ3n) is 1.92. The lowest BCUT2D eigenvalue weighted by atomic mass is 10.1. The molecular weight excluding hydrogens is 264 g/mol. The normalized spacial score (nSPS) is 9.44. The highest BCUT2D eigenvalue weighted by atomic mass is 35.5. The topological polar surface area (TPSA) is 12.0 Å². The van der Waals surface area contributed by atoms with Gasteiger partial charge in [-0.05, 0) is 31.5 Å². The highest BCUT2D eigenvalue weighted by molar-refractivity contribution is 6.40. The van der Waals surface area contributed by atoms with E-state index in [9.17, 15) is 0 Å². The Labute approximate surface area is 113 Å². The minimum Gasteiger partial charge on any atom is -0.316 e. The Morgan fingerprint density at radius 2 is 1.56 bits per heavy atom. The van der Waals surface area contributed by atoms with Crippen LogP contribution in [0.3, 0.4) is 0 Å². The zero-order valence-corrected chi connectivity index (χ0v) is 11.5. The summed E-state index contributed by atoms with van der Waals surface area (Å²) in [5.74, 6) is 0.748. The van der Waals surface area contributed by atoms with Crippen molar-refractivity contribution in [1.82, 2.24) is 5.32 Å². The summed E-state index contributed by atoms with van der Waals surface area (Å²) in [5.41, 5.74) is 1.39. The second-order valence-electron chi connectivity index (χ2n) is 3.13. The fourth-order valence-electron chi connectivity index (χ4n) is 1.19. The fourth-order valence-corrected chi connectivity index (χ4v) is 1.33. The van der Waals surface area contributed by atoms with Gasteiger partial charge in [0.05, 0.1) is 5.34 Å². The van der Waals surface area contributed by atoms with Gasteiger partial charge in [-0.1, -0.05) is 30.3 Å². The molecule has 0 fully saturated rings. The van der Waals surface area contributed by atoms with Crippen LogP contribution in [0.25, 0.3) is 0 Å². The van der Waals surface area contributed by atoms with Crippen LogP contribution in [0.1, 0.15) is 12.0 Å². The number of hydrogen-bond acceptors (Lipinski definition) is 1. The fraction of sp³-hybridized carbons (Fsp3) is 0.500. The molecule has 0 heterocycles. The minimum atomic E-state index is 0.194. The molecular formula is C12H18Cl3N. The van der Waals surface area contributed by atoms with Gasteiger partial charge in [-0.25, -0.2) is 0 Å². The molecule has 1 aromatic rings. The van der Waals surface area contributed by atoms with Crippen LogP contribution in [-0.4, -0.2) is 24.3 Å². The average Bonchev–Trinajstić information content (AvgIpc) is 2.31. The van der Waals surface area contributed by atoms with Crippen LogP contribution in [0.2, 0.25) is 0 Å². The lowest BCUT2D eigenvalue weighted by Gasteiger charge is -2.02. The lowest BCUT2D eigenvalue weighted by molar-refractivity contribution is 0.673. The summed E-state index contributed by atoms with van der Waals surface area (Å²) in [5, 5.41) is 3.54. The Balaban J connectivity index is 0.000000673. The van der Waals surface area contributed by atoms with Crippen LogP contribution in [-0.2, 0) is 6.42 Å². The van der Waals surface area contributed by atoms with E-state index >= 15 is 0 Å². The molecule has 0 aliphatic heterocycles. The molecule has 0 saturated carbocycles. The van der Waals surface area contributed by atoms with E-state index in [1.165, 1.54) is 5.56 Å². The molecule has 0 aliphatic carbocycles. The van der Waals surface area contributed by atoms with E-state index in [0.29, 0.717) is 0 Å². The first-order chi connectivity index (χ1) is 7.85. The van der Waals surface area contributed by atoms with E-state index < -0.39 is 0 Å². The Bertz CT molecular complexity index is 229. The predicted octanol–water partition coefficient (Wildman–Crippen LogP) is 3.87. The molecule has 0 radical (unpaired) electrons. The Kier molecular flexibility index (Phi) is 13.2. The zero-order valence-electron chi connectivity index (χ0n) is 9.26. The summed E-state index contributed by atoms with van der Waals surface area (Å²) in [7, 11) is 0. The van der Waals surface area contributed by atoms with Crippen molar-refractivity contribution in [2.24, 2.45) is 0 Å². The molecule has 0 unspecified atom stereocenters. The largest absolute Gasteiger partial charge is 0.316 e. The Morgan fingerprint density at radius 3 is 2.12 bits per heavy atom. The summed E-state index contributed by atoms with van der Waals surface area (Å²) >= 11 is 15.1. The monoisotopic (exact) mass is 281 g/mol. The van der Waals surface area contributed by atoms with Gasteiger partial charge >= 0.3 is 0 Å². The van der Waals surface area contributed by atoms with E-state index in [4.69, 9.17) is 34.8 Å². The summed E-state index contributed by atoms with van der Waals surface area (Å²) in [4.78, 5) is 0. The molecule has 1 N–H and O–H groups in total. The highest BCUT2D eigenvalue weighted by Crippen LogP contribution is 1.97. The molecule has 0 saturated heterocycles. The molecule has 0 aromatic heterocycles. The molecule has 16 heavy (non-hydrogen) atoms. The number of halogens is 3. The minimum absolute atomic E-state index is 0.194. The first kappa shape index (κ1) is 16.1. The van der Waals surface area contributed by atoms with E-state index in [1.54, 1.807) is 0 Å². The molecule has 0 atom stereocenters. The molecule has 1 rings (SSSR count). The third-order valence-corrected chi connectivity index (χ3v) is 2.19. The first-order valence-electron chi connectivity index (χ1n) is 5.27. The molecule has 0 bridgehead atoms. The van der Waals surface area contributed by atoms with Crippen molar-refractivity contribution >= 4 is 34.8 Å². The van der Waals surface area contributed by atoms with Gasteiger partial charge in [0.1, 0.15) is 0 Å². The molecule has 0 spiro atoms. The van der Waals surface area contributed by atoms with Crippen molar-refractivity contribution in [3.8, 4) is 0 Å². The number of hydrogen-bond donors (Lipinski definition) is 1. The van der Waals surface area contributed by atoms with Crippen LogP contribution in [0, 0.1) is 0 Å².